The molecule has 2 atom stereocenters. The molecule has 0 unspecified atom stereocenters. The molecule has 0 spiro atoms. The van der Waals surface area contributed by atoms with Crippen molar-refractivity contribution in [1.29, 1.82) is 0 Å². The van der Waals surface area contributed by atoms with E-state index in [1.165, 1.54) is 4.90 Å². The third kappa shape index (κ3) is 1.27. The van der Waals surface area contributed by atoms with Crippen LogP contribution in [0.3, 0.4) is 0 Å². The number of aliphatic imine (C=N–C) groups is 1. The van der Waals surface area contributed by atoms with E-state index in [4.69, 9.17) is 0 Å². The van der Waals surface area contributed by atoms with Crippen molar-refractivity contribution < 1.29 is 9.90 Å². The molecular weight excluding hydrogens is 204 g/mol. The number of aliphatic hydroxyl groups is 1. The van der Waals surface area contributed by atoms with Crippen LogP contribution in [0, 0.1) is 0 Å². The zero-order chi connectivity index (χ0) is 11.1. The number of nitrogens with zero attached hydrogens (tertiary/aromatic N) is 2. The van der Waals surface area contributed by atoms with E-state index >= 15 is 0 Å². The number of carbonyl (C=O) groups is 1. The van der Waals surface area contributed by atoms with Crippen LogP contribution in [0.5, 0.6) is 0 Å². The van der Waals surface area contributed by atoms with Crippen molar-refractivity contribution in [2.24, 2.45) is 4.99 Å². The molecule has 1 aromatic carbocycles. The Hall–Kier alpha value is -1.68. The quantitative estimate of drug-likeness (QED) is 0.711. The van der Waals surface area contributed by atoms with E-state index in [-0.39, 0.29) is 11.9 Å². The first-order valence-electron chi connectivity index (χ1n) is 5.41. The molecule has 0 bridgehead atoms. The van der Waals surface area contributed by atoms with E-state index in [2.05, 4.69) is 4.99 Å². The molecule has 0 aromatic heterocycles. The molecule has 82 valence electrons. The van der Waals surface area contributed by atoms with Crippen LogP contribution in [0.1, 0.15) is 23.2 Å². The summed E-state index contributed by atoms with van der Waals surface area (Å²) in [7, 11) is 0. The molecule has 2 aliphatic heterocycles. The molecule has 2 heterocycles. The highest BCUT2D eigenvalue weighted by atomic mass is 16.3. The first-order valence-corrected chi connectivity index (χ1v) is 5.41. The van der Waals surface area contributed by atoms with Gasteiger partial charge in [-0.1, -0.05) is 12.1 Å². The first kappa shape index (κ1) is 9.54. The van der Waals surface area contributed by atoms with Gasteiger partial charge in [-0.3, -0.25) is 9.79 Å². The largest absolute Gasteiger partial charge is 0.373 e. The van der Waals surface area contributed by atoms with Gasteiger partial charge >= 0.3 is 0 Å². The second kappa shape index (κ2) is 3.42. The molecule has 1 N–H and O–H groups in total. The van der Waals surface area contributed by atoms with Gasteiger partial charge in [0.15, 0.2) is 0 Å². The summed E-state index contributed by atoms with van der Waals surface area (Å²) in [5.74, 6) is -0.122. The molecule has 1 fully saturated rings. The minimum absolute atomic E-state index is 0.0603. The van der Waals surface area contributed by atoms with Crippen LogP contribution < -0.4 is 0 Å². The Balaban J connectivity index is 2.11. The van der Waals surface area contributed by atoms with E-state index < -0.39 is 6.23 Å². The lowest BCUT2D eigenvalue weighted by atomic mass is 10.1. The number of amides is 1. The molecule has 1 amide bonds. The minimum Gasteiger partial charge on any atom is -0.373 e. The highest BCUT2D eigenvalue weighted by Gasteiger charge is 2.37. The van der Waals surface area contributed by atoms with Crippen LogP contribution in [0.15, 0.2) is 29.3 Å². The fourth-order valence-corrected chi connectivity index (χ4v) is 2.32. The summed E-state index contributed by atoms with van der Waals surface area (Å²) in [4.78, 5) is 18.1. The van der Waals surface area contributed by atoms with Crippen LogP contribution in [0.4, 0.5) is 5.69 Å². The fourth-order valence-electron chi connectivity index (χ4n) is 2.32. The van der Waals surface area contributed by atoms with Crippen molar-refractivity contribution in [2.75, 3.05) is 0 Å². The van der Waals surface area contributed by atoms with Crippen molar-refractivity contribution in [3.8, 4) is 0 Å². The van der Waals surface area contributed by atoms with E-state index in [1.54, 1.807) is 12.3 Å². The van der Waals surface area contributed by atoms with E-state index in [1.807, 2.05) is 18.2 Å². The molecule has 4 heteroatoms. The molecule has 0 saturated carbocycles. The van der Waals surface area contributed by atoms with E-state index in [9.17, 15) is 9.90 Å². The van der Waals surface area contributed by atoms with Crippen molar-refractivity contribution >= 4 is 17.8 Å². The van der Waals surface area contributed by atoms with Crippen LogP contribution in [-0.4, -0.2) is 34.4 Å². The Labute approximate surface area is 93.2 Å². The van der Waals surface area contributed by atoms with Gasteiger partial charge in [0, 0.05) is 6.21 Å². The standard InChI is InChI=1S/C12H12N2O2/c15-11-6-5-8-7-13-10-4-2-1-3-9(10)12(16)14(8)11/h1-4,7-8,11,15H,5-6H2/t8-,11+/m0/s1. The fraction of sp³-hybridized carbons (Fsp3) is 0.333. The third-order valence-corrected chi connectivity index (χ3v) is 3.15. The lowest BCUT2D eigenvalue weighted by Crippen LogP contribution is -2.41. The van der Waals surface area contributed by atoms with Crippen LogP contribution in [0.25, 0.3) is 0 Å². The molecule has 16 heavy (non-hydrogen) atoms. The summed E-state index contributed by atoms with van der Waals surface area (Å²) in [5.41, 5.74) is 1.26. The Morgan fingerprint density at radius 3 is 3.00 bits per heavy atom. The van der Waals surface area contributed by atoms with Gasteiger partial charge in [0.1, 0.15) is 6.23 Å². The van der Waals surface area contributed by atoms with Crippen molar-refractivity contribution in [3.63, 3.8) is 0 Å². The maximum atomic E-state index is 12.2. The number of fused-ring (bicyclic) bond motifs is 2. The van der Waals surface area contributed by atoms with E-state index in [0.717, 1.165) is 6.42 Å². The summed E-state index contributed by atoms with van der Waals surface area (Å²) in [5, 5.41) is 9.79. The van der Waals surface area contributed by atoms with Crippen molar-refractivity contribution in [3.05, 3.63) is 29.8 Å². The average molecular weight is 216 g/mol. The SMILES string of the molecule is O=C1c2ccccc2N=C[C@@H]2CC[C@@H](O)N12. The first-order chi connectivity index (χ1) is 7.77. The normalized spacial score (nSPS) is 27.6. The Morgan fingerprint density at radius 1 is 1.31 bits per heavy atom. The molecule has 2 aliphatic rings. The molecule has 0 radical (unpaired) electrons. The van der Waals surface area contributed by atoms with Gasteiger partial charge in [0.05, 0.1) is 17.3 Å². The molecule has 0 aliphatic carbocycles. The number of aliphatic hydroxyl groups excluding tert-OH is 1. The highest BCUT2D eigenvalue weighted by Crippen LogP contribution is 2.30. The molecule has 4 nitrogen and oxygen atoms in total. The summed E-state index contributed by atoms with van der Waals surface area (Å²) in [6, 6.07) is 7.18. The summed E-state index contributed by atoms with van der Waals surface area (Å²) in [6.07, 6.45) is 2.50. The maximum absolute atomic E-state index is 12.2. The predicted molar refractivity (Wildman–Crippen MR) is 59.8 cm³/mol. The highest BCUT2D eigenvalue weighted by molar-refractivity contribution is 6.02. The molecule has 1 saturated heterocycles. The minimum atomic E-state index is -0.671. The smallest absolute Gasteiger partial charge is 0.258 e. The van der Waals surface area contributed by atoms with Crippen molar-refractivity contribution in [2.45, 2.75) is 25.1 Å². The van der Waals surface area contributed by atoms with Gasteiger partial charge in [-0.15, -0.1) is 0 Å². The van der Waals surface area contributed by atoms with Gasteiger partial charge < -0.3 is 10.0 Å². The topological polar surface area (TPSA) is 52.9 Å². The summed E-state index contributed by atoms with van der Waals surface area (Å²) < 4.78 is 0. The zero-order valence-electron chi connectivity index (χ0n) is 8.71. The lowest BCUT2D eigenvalue weighted by Gasteiger charge is -2.23. The second-order valence-corrected chi connectivity index (χ2v) is 4.13. The van der Waals surface area contributed by atoms with E-state index in [0.29, 0.717) is 17.7 Å². The van der Waals surface area contributed by atoms with Gasteiger partial charge in [0.25, 0.3) is 5.91 Å². The van der Waals surface area contributed by atoms with Crippen LogP contribution >= 0.6 is 0 Å². The molecule has 1 aromatic rings. The summed E-state index contributed by atoms with van der Waals surface area (Å²) >= 11 is 0. The van der Waals surface area contributed by atoms with Gasteiger partial charge in [-0.05, 0) is 25.0 Å². The zero-order valence-corrected chi connectivity index (χ0v) is 8.71. The Bertz CT molecular complexity index is 470. The van der Waals surface area contributed by atoms with Crippen LogP contribution in [-0.2, 0) is 0 Å². The van der Waals surface area contributed by atoms with Crippen LogP contribution in [0.2, 0.25) is 0 Å². The maximum Gasteiger partial charge on any atom is 0.258 e. The number of hydrogen-bond acceptors (Lipinski definition) is 3. The number of carbonyl (C=O) groups excluding carboxylic acids is 1. The predicted octanol–water partition coefficient (Wildman–Crippen LogP) is 1.33. The van der Waals surface area contributed by atoms with Crippen molar-refractivity contribution in [1.82, 2.24) is 4.90 Å². The number of para-hydroxylation sites is 1. The van der Waals surface area contributed by atoms with Gasteiger partial charge in [-0.2, -0.15) is 0 Å². The molecule has 3 rings (SSSR count). The lowest BCUT2D eigenvalue weighted by molar-refractivity contribution is 0.0247. The monoisotopic (exact) mass is 216 g/mol. The number of benzene rings is 1. The third-order valence-electron chi connectivity index (χ3n) is 3.15. The second-order valence-electron chi connectivity index (χ2n) is 4.13. The number of hydrogen-bond donors (Lipinski definition) is 1. The Morgan fingerprint density at radius 2 is 2.12 bits per heavy atom. The Kier molecular flexibility index (Phi) is 2.04. The van der Waals surface area contributed by atoms with Gasteiger partial charge in [0.2, 0.25) is 0 Å². The number of rotatable bonds is 0. The average Bonchev–Trinajstić information content (AvgIpc) is 2.60. The summed E-state index contributed by atoms with van der Waals surface area (Å²) in [6.45, 7) is 0. The van der Waals surface area contributed by atoms with Gasteiger partial charge in [-0.25, -0.2) is 0 Å². The molecular formula is C12H12N2O2.